The van der Waals surface area contributed by atoms with Crippen molar-refractivity contribution in [1.82, 2.24) is 4.98 Å². The van der Waals surface area contributed by atoms with Gasteiger partial charge < -0.3 is 5.11 Å². The minimum absolute atomic E-state index is 0.440. The van der Waals surface area contributed by atoms with E-state index in [1.165, 1.54) is 0 Å². The van der Waals surface area contributed by atoms with Crippen LogP contribution < -0.4 is 0 Å². The summed E-state index contributed by atoms with van der Waals surface area (Å²) in [6.45, 7) is 4.15. The fourth-order valence-electron chi connectivity index (χ4n) is 2.05. The summed E-state index contributed by atoms with van der Waals surface area (Å²) < 4.78 is 0. The van der Waals surface area contributed by atoms with Gasteiger partial charge in [-0.25, -0.2) is 0 Å². The number of rotatable bonds is 2. The molecule has 1 saturated carbocycles. The lowest BCUT2D eigenvalue weighted by Gasteiger charge is -2.12. The molecule has 0 radical (unpaired) electrons. The van der Waals surface area contributed by atoms with E-state index in [4.69, 9.17) is 0 Å². The third-order valence-corrected chi connectivity index (χ3v) is 3.07. The van der Waals surface area contributed by atoms with E-state index in [9.17, 15) is 5.11 Å². The number of hydrogen-bond acceptors (Lipinski definition) is 2. The van der Waals surface area contributed by atoms with Crippen LogP contribution in [0, 0.1) is 12.8 Å². The second kappa shape index (κ2) is 2.81. The topological polar surface area (TPSA) is 33.1 Å². The fraction of sp³-hybridized carbons (Fsp3) is 0.545. The Morgan fingerprint density at radius 2 is 2.46 bits per heavy atom. The van der Waals surface area contributed by atoms with E-state index in [0.717, 1.165) is 24.0 Å². The molecular formula is C11H15NO. The average molecular weight is 177 g/mol. The van der Waals surface area contributed by atoms with Gasteiger partial charge in [-0.3, -0.25) is 4.98 Å². The lowest BCUT2D eigenvalue weighted by Crippen LogP contribution is -2.10. The maximum absolute atomic E-state index is 10.2. The van der Waals surface area contributed by atoms with Gasteiger partial charge in [-0.15, -0.1) is 0 Å². The Morgan fingerprint density at radius 3 is 3.00 bits per heavy atom. The lowest BCUT2D eigenvalue weighted by atomic mass is 10.0. The van der Waals surface area contributed by atoms with Crippen LogP contribution in [-0.4, -0.2) is 10.1 Å². The zero-order valence-corrected chi connectivity index (χ0v) is 8.12. The van der Waals surface area contributed by atoms with Gasteiger partial charge in [0.2, 0.25) is 0 Å². The van der Waals surface area contributed by atoms with Crippen LogP contribution >= 0.6 is 0 Å². The van der Waals surface area contributed by atoms with Gasteiger partial charge in [0.1, 0.15) is 0 Å². The molecule has 0 bridgehead atoms. The molecular weight excluding hydrogens is 162 g/mol. The van der Waals surface area contributed by atoms with Gasteiger partial charge in [0, 0.05) is 18.0 Å². The minimum Gasteiger partial charge on any atom is -0.385 e. The third-order valence-electron chi connectivity index (χ3n) is 3.07. The van der Waals surface area contributed by atoms with Crippen LogP contribution in [0.5, 0.6) is 0 Å². The van der Waals surface area contributed by atoms with Crippen LogP contribution in [0.15, 0.2) is 18.5 Å². The molecule has 0 spiro atoms. The van der Waals surface area contributed by atoms with E-state index in [1.54, 1.807) is 12.4 Å². The fourth-order valence-corrected chi connectivity index (χ4v) is 2.05. The zero-order valence-electron chi connectivity index (χ0n) is 8.12. The molecule has 1 aromatic heterocycles. The molecule has 0 aromatic carbocycles. The number of nitrogens with zero attached hydrogens (tertiary/aromatic N) is 1. The summed E-state index contributed by atoms with van der Waals surface area (Å²) in [7, 11) is 0. The van der Waals surface area contributed by atoms with Gasteiger partial charge in [-0.1, -0.05) is 13.3 Å². The standard InChI is InChI=1S/C11H15NO/c1-3-9-6-11(9,13)10-7-12-5-4-8(10)2/h4-5,7,9,13H,3,6H2,1-2H3. The van der Waals surface area contributed by atoms with E-state index in [2.05, 4.69) is 11.9 Å². The SMILES string of the molecule is CCC1CC1(O)c1cnccc1C. The number of aromatic nitrogens is 1. The predicted molar refractivity (Wildman–Crippen MR) is 51.3 cm³/mol. The van der Waals surface area contributed by atoms with Gasteiger partial charge in [0.25, 0.3) is 0 Å². The molecule has 2 unspecified atom stereocenters. The van der Waals surface area contributed by atoms with Crippen LogP contribution in [0.2, 0.25) is 0 Å². The van der Waals surface area contributed by atoms with Crippen LogP contribution in [0.3, 0.4) is 0 Å². The van der Waals surface area contributed by atoms with Crippen molar-refractivity contribution in [1.29, 1.82) is 0 Å². The quantitative estimate of drug-likeness (QED) is 0.749. The predicted octanol–water partition coefficient (Wildman–Crippen LogP) is 2.01. The molecule has 1 aliphatic rings. The molecule has 1 heterocycles. The molecule has 1 aromatic rings. The summed E-state index contributed by atoms with van der Waals surface area (Å²) in [5.41, 5.74) is 1.60. The van der Waals surface area contributed by atoms with Crippen molar-refractivity contribution in [3.05, 3.63) is 29.6 Å². The molecule has 2 rings (SSSR count). The first-order valence-electron chi connectivity index (χ1n) is 4.82. The molecule has 0 saturated heterocycles. The molecule has 1 fully saturated rings. The van der Waals surface area contributed by atoms with E-state index in [1.807, 2.05) is 13.0 Å². The van der Waals surface area contributed by atoms with Crippen molar-refractivity contribution in [2.24, 2.45) is 5.92 Å². The normalized spacial score (nSPS) is 31.8. The van der Waals surface area contributed by atoms with Crippen molar-refractivity contribution >= 4 is 0 Å². The lowest BCUT2D eigenvalue weighted by molar-refractivity contribution is 0.129. The monoisotopic (exact) mass is 177 g/mol. The molecule has 70 valence electrons. The van der Waals surface area contributed by atoms with Crippen LogP contribution in [-0.2, 0) is 5.60 Å². The van der Waals surface area contributed by atoms with E-state index < -0.39 is 5.60 Å². The first-order chi connectivity index (χ1) is 6.18. The first-order valence-corrected chi connectivity index (χ1v) is 4.82. The molecule has 13 heavy (non-hydrogen) atoms. The van der Waals surface area contributed by atoms with Crippen molar-refractivity contribution in [2.75, 3.05) is 0 Å². The van der Waals surface area contributed by atoms with Gasteiger partial charge in [0.15, 0.2) is 0 Å². The third kappa shape index (κ3) is 1.25. The Balaban J connectivity index is 2.32. The summed E-state index contributed by atoms with van der Waals surface area (Å²) in [5, 5.41) is 10.2. The van der Waals surface area contributed by atoms with E-state index >= 15 is 0 Å². The molecule has 1 aliphatic carbocycles. The van der Waals surface area contributed by atoms with Crippen molar-refractivity contribution in [3.63, 3.8) is 0 Å². The van der Waals surface area contributed by atoms with Gasteiger partial charge in [-0.2, -0.15) is 0 Å². The second-order valence-electron chi connectivity index (χ2n) is 3.92. The molecule has 2 heteroatoms. The summed E-state index contributed by atoms with van der Waals surface area (Å²) in [4.78, 5) is 4.06. The molecule has 2 atom stereocenters. The summed E-state index contributed by atoms with van der Waals surface area (Å²) in [6.07, 6.45) is 5.51. The first kappa shape index (κ1) is 8.70. The average Bonchev–Trinajstić information content (AvgIpc) is 2.79. The maximum Gasteiger partial charge on any atom is 0.0946 e. The molecule has 2 nitrogen and oxygen atoms in total. The van der Waals surface area contributed by atoms with Crippen LogP contribution in [0.25, 0.3) is 0 Å². The van der Waals surface area contributed by atoms with Gasteiger partial charge in [0.05, 0.1) is 5.60 Å². The summed E-state index contributed by atoms with van der Waals surface area (Å²) >= 11 is 0. The number of aliphatic hydroxyl groups is 1. The Morgan fingerprint density at radius 1 is 1.69 bits per heavy atom. The van der Waals surface area contributed by atoms with E-state index in [0.29, 0.717) is 5.92 Å². The van der Waals surface area contributed by atoms with Gasteiger partial charge in [-0.05, 0) is 30.9 Å². The molecule has 0 aliphatic heterocycles. The smallest absolute Gasteiger partial charge is 0.0946 e. The molecule has 0 amide bonds. The summed E-state index contributed by atoms with van der Waals surface area (Å²) in [6, 6.07) is 1.96. The largest absolute Gasteiger partial charge is 0.385 e. The van der Waals surface area contributed by atoms with Crippen LogP contribution in [0.1, 0.15) is 30.9 Å². The highest BCUT2D eigenvalue weighted by Gasteiger charge is 2.53. The summed E-state index contributed by atoms with van der Waals surface area (Å²) in [5.74, 6) is 0.440. The Kier molecular flexibility index (Phi) is 1.88. The Hall–Kier alpha value is -0.890. The highest BCUT2D eigenvalue weighted by molar-refractivity contribution is 5.33. The Labute approximate surface area is 78.6 Å². The highest BCUT2D eigenvalue weighted by Crippen LogP contribution is 2.54. The van der Waals surface area contributed by atoms with Crippen molar-refractivity contribution < 1.29 is 5.11 Å². The Bertz CT molecular complexity index is 324. The number of aryl methyl sites for hydroxylation is 1. The minimum atomic E-state index is -0.562. The van der Waals surface area contributed by atoms with Gasteiger partial charge >= 0.3 is 0 Å². The maximum atomic E-state index is 10.2. The van der Waals surface area contributed by atoms with E-state index in [-0.39, 0.29) is 0 Å². The second-order valence-corrected chi connectivity index (χ2v) is 3.92. The molecule has 1 N–H and O–H groups in total. The zero-order chi connectivity index (χ0) is 9.47. The van der Waals surface area contributed by atoms with Crippen molar-refractivity contribution in [2.45, 2.75) is 32.3 Å². The van der Waals surface area contributed by atoms with Crippen LogP contribution in [0.4, 0.5) is 0 Å². The number of hydrogen-bond donors (Lipinski definition) is 1. The highest BCUT2D eigenvalue weighted by atomic mass is 16.3. The number of pyridine rings is 1. The van der Waals surface area contributed by atoms with Crippen molar-refractivity contribution in [3.8, 4) is 0 Å².